The third-order valence-electron chi connectivity index (χ3n) is 2.79. The van der Waals surface area contributed by atoms with Crippen molar-refractivity contribution in [1.82, 2.24) is 10.2 Å². The minimum absolute atomic E-state index is 0.0128. The molecule has 5 nitrogen and oxygen atoms in total. The fraction of sp³-hybridized carbons (Fsp3) is 0.429. The van der Waals surface area contributed by atoms with E-state index in [0.717, 1.165) is 5.56 Å². The van der Waals surface area contributed by atoms with Crippen LogP contribution in [0.3, 0.4) is 0 Å². The molecule has 1 aromatic carbocycles. The summed E-state index contributed by atoms with van der Waals surface area (Å²) in [6.07, 6.45) is 0. The van der Waals surface area contributed by atoms with Crippen LogP contribution in [0.4, 0.5) is 4.79 Å². The maximum absolute atomic E-state index is 12.1. The molecule has 0 aliphatic heterocycles. The lowest BCUT2D eigenvalue weighted by Gasteiger charge is -2.28. The first kappa shape index (κ1) is 15.0. The zero-order valence-corrected chi connectivity index (χ0v) is 11.5. The molecule has 0 saturated carbocycles. The lowest BCUT2D eigenvalue weighted by atomic mass is 10.2. The SMILES string of the molecule is CC(NC(=O)N(Cc1ccccc1)C(C)C)C(=O)O. The average Bonchev–Trinajstić information content (AvgIpc) is 2.36. The maximum atomic E-state index is 12.1. The third kappa shape index (κ3) is 4.62. The first-order chi connectivity index (χ1) is 8.91. The molecule has 1 aromatic rings. The molecule has 104 valence electrons. The van der Waals surface area contributed by atoms with E-state index in [1.165, 1.54) is 6.92 Å². The normalized spacial score (nSPS) is 12.0. The molecular weight excluding hydrogens is 244 g/mol. The minimum atomic E-state index is -1.04. The van der Waals surface area contributed by atoms with Gasteiger partial charge in [0.1, 0.15) is 6.04 Å². The van der Waals surface area contributed by atoms with E-state index in [0.29, 0.717) is 6.54 Å². The van der Waals surface area contributed by atoms with E-state index in [4.69, 9.17) is 5.11 Å². The van der Waals surface area contributed by atoms with Gasteiger partial charge in [-0.15, -0.1) is 0 Å². The number of urea groups is 1. The highest BCUT2D eigenvalue weighted by molar-refractivity contribution is 5.82. The van der Waals surface area contributed by atoms with Gasteiger partial charge in [0, 0.05) is 12.6 Å². The van der Waals surface area contributed by atoms with Gasteiger partial charge >= 0.3 is 12.0 Å². The monoisotopic (exact) mass is 264 g/mol. The molecule has 0 saturated heterocycles. The predicted octanol–water partition coefficient (Wildman–Crippen LogP) is 2.08. The standard InChI is InChI=1S/C14H20N2O3/c1-10(2)16(9-12-7-5-4-6-8-12)14(19)15-11(3)13(17)18/h4-8,10-11H,9H2,1-3H3,(H,15,19)(H,17,18). The van der Waals surface area contributed by atoms with Gasteiger partial charge in [-0.1, -0.05) is 30.3 Å². The Morgan fingerprint density at radius 2 is 1.79 bits per heavy atom. The Morgan fingerprint density at radius 3 is 2.26 bits per heavy atom. The van der Waals surface area contributed by atoms with Crippen LogP contribution in [-0.4, -0.2) is 34.1 Å². The fourth-order valence-electron chi connectivity index (χ4n) is 1.60. The Bertz CT molecular complexity index is 432. The van der Waals surface area contributed by atoms with E-state index in [9.17, 15) is 9.59 Å². The maximum Gasteiger partial charge on any atom is 0.325 e. The molecule has 0 heterocycles. The lowest BCUT2D eigenvalue weighted by molar-refractivity contribution is -0.138. The number of rotatable bonds is 5. The summed E-state index contributed by atoms with van der Waals surface area (Å²) in [6, 6.07) is 8.32. The van der Waals surface area contributed by atoms with Gasteiger partial charge in [-0.3, -0.25) is 4.79 Å². The van der Waals surface area contributed by atoms with E-state index >= 15 is 0 Å². The number of benzene rings is 1. The Labute approximate surface area is 113 Å². The smallest absolute Gasteiger partial charge is 0.325 e. The molecule has 1 atom stereocenters. The van der Waals surface area contributed by atoms with Crippen LogP contribution in [0.25, 0.3) is 0 Å². The number of nitrogens with zero attached hydrogens (tertiary/aromatic N) is 1. The molecule has 19 heavy (non-hydrogen) atoms. The summed E-state index contributed by atoms with van der Waals surface area (Å²) in [5.41, 5.74) is 1.01. The molecule has 1 rings (SSSR count). The third-order valence-corrected chi connectivity index (χ3v) is 2.79. The predicted molar refractivity (Wildman–Crippen MR) is 72.8 cm³/mol. The number of hydrogen-bond donors (Lipinski definition) is 2. The molecule has 0 aliphatic carbocycles. The topological polar surface area (TPSA) is 69.6 Å². The summed E-state index contributed by atoms with van der Waals surface area (Å²) in [7, 11) is 0. The second kappa shape index (κ2) is 6.78. The number of carboxylic acids is 1. The van der Waals surface area contributed by atoms with E-state index in [1.54, 1.807) is 4.90 Å². The highest BCUT2D eigenvalue weighted by atomic mass is 16.4. The summed E-state index contributed by atoms with van der Waals surface area (Å²) >= 11 is 0. The molecule has 2 N–H and O–H groups in total. The van der Waals surface area contributed by atoms with Crippen LogP contribution in [-0.2, 0) is 11.3 Å². The largest absolute Gasteiger partial charge is 0.480 e. The summed E-state index contributed by atoms with van der Waals surface area (Å²) < 4.78 is 0. The zero-order chi connectivity index (χ0) is 14.4. The van der Waals surface area contributed by atoms with E-state index < -0.39 is 12.0 Å². The van der Waals surface area contributed by atoms with Gasteiger partial charge < -0.3 is 15.3 Å². The zero-order valence-electron chi connectivity index (χ0n) is 11.5. The Morgan fingerprint density at radius 1 is 1.21 bits per heavy atom. The highest BCUT2D eigenvalue weighted by Crippen LogP contribution is 2.08. The Kier molecular flexibility index (Phi) is 5.36. The molecule has 0 bridgehead atoms. The number of carboxylic acid groups (broad SMARTS) is 1. The lowest BCUT2D eigenvalue weighted by Crippen LogP contribution is -2.48. The molecular formula is C14H20N2O3. The van der Waals surface area contributed by atoms with Crippen molar-refractivity contribution >= 4 is 12.0 Å². The molecule has 2 amide bonds. The number of amides is 2. The molecule has 1 unspecified atom stereocenters. The van der Waals surface area contributed by atoms with Crippen LogP contribution in [0.5, 0.6) is 0 Å². The quantitative estimate of drug-likeness (QED) is 0.855. The van der Waals surface area contributed by atoms with Gasteiger partial charge in [-0.2, -0.15) is 0 Å². The van der Waals surface area contributed by atoms with Gasteiger partial charge in [0.25, 0.3) is 0 Å². The van der Waals surface area contributed by atoms with Crippen molar-refractivity contribution in [2.45, 2.75) is 39.4 Å². The molecule has 0 radical (unpaired) electrons. The highest BCUT2D eigenvalue weighted by Gasteiger charge is 2.21. The summed E-state index contributed by atoms with van der Waals surface area (Å²) in [6.45, 7) is 5.69. The van der Waals surface area contributed by atoms with Crippen LogP contribution in [0.2, 0.25) is 0 Å². The summed E-state index contributed by atoms with van der Waals surface area (Å²) in [5, 5.41) is 11.3. The molecule has 0 spiro atoms. The second-order valence-corrected chi connectivity index (χ2v) is 4.72. The van der Waals surface area contributed by atoms with Crippen molar-refractivity contribution in [2.75, 3.05) is 0 Å². The van der Waals surface area contributed by atoms with Crippen LogP contribution >= 0.6 is 0 Å². The van der Waals surface area contributed by atoms with Crippen LogP contribution in [0.1, 0.15) is 26.3 Å². The van der Waals surface area contributed by atoms with Crippen molar-refractivity contribution in [1.29, 1.82) is 0 Å². The van der Waals surface area contributed by atoms with Crippen molar-refractivity contribution < 1.29 is 14.7 Å². The van der Waals surface area contributed by atoms with Crippen molar-refractivity contribution in [3.05, 3.63) is 35.9 Å². The minimum Gasteiger partial charge on any atom is -0.480 e. The van der Waals surface area contributed by atoms with E-state index in [-0.39, 0.29) is 12.1 Å². The number of nitrogens with one attached hydrogen (secondary N) is 1. The first-order valence-corrected chi connectivity index (χ1v) is 6.25. The summed E-state index contributed by atoms with van der Waals surface area (Å²) in [5.74, 6) is -1.04. The van der Waals surface area contributed by atoms with Gasteiger partial charge in [0.2, 0.25) is 0 Å². The first-order valence-electron chi connectivity index (χ1n) is 6.25. The van der Waals surface area contributed by atoms with Crippen molar-refractivity contribution in [2.24, 2.45) is 0 Å². The number of carbonyl (C=O) groups excluding carboxylic acids is 1. The van der Waals surface area contributed by atoms with Crippen LogP contribution in [0.15, 0.2) is 30.3 Å². The molecule has 0 aromatic heterocycles. The van der Waals surface area contributed by atoms with Gasteiger partial charge in [0.05, 0.1) is 0 Å². The summed E-state index contributed by atoms with van der Waals surface area (Å²) in [4.78, 5) is 24.4. The molecule has 0 aliphatic rings. The number of aliphatic carboxylic acids is 1. The molecule has 0 fully saturated rings. The average molecular weight is 264 g/mol. The number of hydrogen-bond acceptors (Lipinski definition) is 2. The molecule has 5 heteroatoms. The van der Waals surface area contributed by atoms with Gasteiger partial charge in [-0.25, -0.2) is 4.79 Å². The van der Waals surface area contributed by atoms with Gasteiger partial charge in [-0.05, 0) is 26.3 Å². The van der Waals surface area contributed by atoms with Crippen molar-refractivity contribution in [3.8, 4) is 0 Å². The second-order valence-electron chi connectivity index (χ2n) is 4.72. The van der Waals surface area contributed by atoms with Gasteiger partial charge in [0.15, 0.2) is 0 Å². The fourth-order valence-corrected chi connectivity index (χ4v) is 1.60. The van der Waals surface area contributed by atoms with E-state index in [2.05, 4.69) is 5.32 Å². The number of carbonyl (C=O) groups is 2. The van der Waals surface area contributed by atoms with Crippen LogP contribution in [0, 0.1) is 0 Å². The Hall–Kier alpha value is -2.04. The van der Waals surface area contributed by atoms with Crippen LogP contribution < -0.4 is 5.32 Å². The van der Waals surface area contributed by atoms with E-state index in [1.807, 2.05) is 44.2 Å². The Balaban J connectivity index is 2.72. The van der Waals surface area contributed by atoms with Crippen molar-refractivity contribution in [3.63, 3.8) is 0 Å².